The average Bonchev–Trinajstić information content (AvgIpc) is 3.15. The van der Waals surface area contributed by atoms with Crippen LogP contribution in [0.15, 0.2) is 22.8 Å². The van der Waals surface area contributed by atoms with Gasteiger partial charge in [0.25, 0.3) is 0 Å². The van der Waals surface area contributed by atoms with E-state index in [1.165, 1.54) is 12.8 Å². The molecule has 6 heteroatoms. The molecule has 0 saturated carbocycles. The summed E-state index contributed by atoms with van der Waals surface area (Å²) >= 11 is 0. The lowest BCUT2D eigenvalue weighted by molar-refractivity contribution is 0.0842. The van der Waals surface area contributed by atoms with E-state index < -0.39 is 0 Å². The molecule has 2 fully saturated rings. The summed E-state index contributed by atoms with van der Waals surface area (Å²) in [7, 11) is 2.19. The maximum absolute atomic E-state index is 12.8. The lowest BCUT2D eigenvalue weighted by Gasteiger charge is -2.28. The van der Waals surface area contributed by atoms with E-state index >= 15 is 0 Å². The summed E-state index contributed by atoms with van der Waals surface area (Å²) in [6.07, 6.45) is 5.13. The van der Waals surface area contributed by atoms with E-state index in [0.717, 1.165) is 25.3 Å². The SMILES string of the molecule is CC(C)COC[C@H](NC(=O)N1CC[C@H]2CC[C@@H](C1)N2C)c1ccco1. The van der Waals surface area contributed by atoms with Crippen molar-refractivity contribution in [1.29, 1.82) is 0 Å². The summed E-state index contributed by atoms with van der Waals surface area (Å²) < 4.78 is 11.3. The van der Waals surface area contributed by atoms with Gasteiger partial charge in [-0.05, 0) is 44.4 Å². The number of rotatable bonds is 6. The zero-order chi connectivity index (χ0) is 17.8. The van der Waals surface area contributed by atoms with Crippen LogP contribution in [0.3, 0.4) is 0 Å². The number of nitrogens with zero attached hydrogens (tertiary/aromatic N) is 2. The molecule has 0 spiro atoms. The van der Waals surface area contributed by atoms with Crippen molar-refractivity contribution in [3.63, 3.8) is 0 Å². The van der Waals surface area contributed by atoms with Gasteiger partial charge in [0, 0.05) is 31.8 Å². The fourth-order valence-corrected chi connectivity index (χ4v) is 3.84. The van der Waals surface area contributed by atoms with Crippen molar-refractivity contribution in [3.05, 3.63) is 24.2 Å². The molecule has 3 rings (SSSR count). The van der Waals surface area contributed by atoms with Gasteiger partial charge in [0.15, 0.2) is 0 Å². The molecule has 3 heterocycles. The standard InChI is InChI=1S/C19H31N3O3/c1-14(2)12-24-13-17(18-5-4-10-25-18)20-19(23)22-9-8-15-6-7-16(11-22)21(15)3/h4-5,10,14-17H,6-9,11-13H2,1-3H3,(H,20,23)/t15-,16+,17+/m1/s1. The molecule has 2 amide bonds. The van der Waals surface area contributed by atoms with Crippen molar-refractivity contribution in [3.8, 4) is 0 Å². The highest BCUT2D eigenvalue weighted by Gasteiger charge is 2.36. The molecule has 140 valence electrons. The summed E-state index contributed by atoms with van der Waals surface area (Å²) in [5, 5.41) is 3.11. The van der Waals surface area contributed by atoms with Crippen molar-refractivity contribution in [2.24, 2.45) is 5.92 Å². The first-order valence-corrected chi connectivity index (χ1v) is 9.43. The van der Waals surface area contributed by atoms with Crippen LogP contribution in [0.25, 0.3) is 0 Å². The number of furan rings is 1. The molecular weight excluding hydrogens is 318 g/mol. The molecule has 6 nitrogen and oxygen atoms in total. The lowest BCUT2D eigenvalue weighted by atomic mass is 10.1. The first kappa shape index (κ1) is 18.3. The number of ether oxygens (including phenoxy) is 1. The third-order valence-electron chi connectivity index (χ3n) is 5.36. The van der Waals surface area contributed by atoms with Gasteiger partial charge < -0.3 is 19.4 Å². The minimum Gasteiger partial charge on any atom is -0.467 e. The van der Waals surface area contributed by atoms with Crippen LogP contribution in [0, 0.1) is 5.92 Å². The topological polar surface area (TPSA) is 58.0 Å². The number of carbonyl (C=O) groups is 1. The van der Waals surface area contributed by atoms with Crippen LogP contribution >= 0.6 is 0 Å². The third-order valence-corrected chi connectivity index (χ3v) is 5.36. The van der Waals surface area contributed by atoms with Crippen molar-refractivity contribution < 1.29 is 13.9 Å². The van der Waals surface area contributed by atoms with E-state index in [1.54, 1.807) is 6.26 Å². The number of nitrogens with one attached hydrogen (secondary N) is 1. The Balaban J connectivity index is 1.59. The van der Waals surface area contributed by atoms with Gasteiger partial charge >= 0.3 is 6.03 Å². The third kappa shape index (κ3) is 4.55. The van der Waals surface area contributed by atoms with Crippen LogP contribution in [0.5, 0.6) is 0 Å². The van der Waals surface area contributed by atoms with Gasteiger partial charge in [-0.25, -0.2) is 4.79 Å². The Kier molecular flexibility index (Phi) is 6.02. The molecule has 25 heavy (non-hydrogen) atoms. The summed E-state index contributed by atoms with van der Waals surface area (Å²) in [4.78, 5) is 17.2. The quantitative estimate of drug-likeness (QED) is 0.858. The molecule has 2 saturated heterocycles. The predicted molar refractivity (Wildman–Crippen MR) is 96.4 cm³/mol. The number of hydrogen-bond acceptors (Lipinski definition) is 4. The molecule has 2 bridgehead atoms. The van der Waals surface area contributed by atoms with E-state index in [0.29, 0.717) is 31.2 Å². The predicted octanol–water partition coefficient (Wildman–Crippen LogP) is 2.87. The molecule has 0 aromatic carbocycles. The van der Waals surface area contributed by atoms with Crippen LogP contribution in [-0.2, 0) is 4.74 Å². The molecule has 1 N–H and O–H groups in total. The second kappa shape index (κ2) is 8.23. The summed E-state index contributed by atoms with van der Waals surface area (Å²) in [6, 6.07) is 4.57. The molecule has 2 aliphatic heterocycles. The van der Waals surface area contributed by atoms with Crippen LogP contribution in [-0.4, -0.2) is 61.3 Å². The highest BCUT2D eigenvalue weighted by Crippen LogP contribution is 2.28. The zero-order valence-corrected chi connectivity index (χ0v) is 15.6. The molecule has 1 aromatic heterocycles. The average molecular weight is 349 g/mol. The van der Waals surface area contributed by atoms with Crippen molar-refractivity contribution in [2.75, 3.05) is 33.4 Å². The number of likely N-dealkylation sites (tertiary alicyclic amines) is 1. The van der Waals surface area contributed by atoms with Gasteiger partial charge in [-0.15, -0.1) is 0 Å². The van der Waals surface area contributed by atoms with Crippen molar-refractivity contribution in [1.82, 2.24) is 15.1 Å². The van der Waals surface area contributed by atoms with Crippen LogP contribution in [0.4, 0.5) is 4.79 Å². The molecule has 2 aliphatic rings. The number of fused-ring (bicyclic) bond motifs is 2. The Labute approximate surface area is 150 Å². The lowest BCUT2D eigenvalue weighted by Crippen LogP contribution is -2.46. The molecule has 1 aromatic rings. The molecule has 0 unspecified atom stereocenters. The minimum atomic E-state index is -0.251. The van der Waals surface area contributed by atoms with Gasteiger partial charge in [0.05, 0.1) is 12.9 Å². The summed E-state index contributed by atoms with van der Waals surface area (Å²) in [6.45, 7) is 6.95. The summed E-state index contributed by atoms with van der Waals surface area (Å²) in [5.74, 6) is 1.20. The maximum atomic E-state index is 12.8. The largest absolute Gasteiger partial charge is 0.467 e. The summed E-state index contributed by atoms with van der Waals surface area (Å²) in [5.41, 5.74) is 0. The number of hydrogen-bond donors (Lipinski definition) is 1. The monoisotopic (exact) mass is 349 g/mol. The van der Waals surface area contributed by atoms with E-state index in [1.807, 2.05) is 17.0 Å². The van der Waals surface area contributed by atoms with Gasteiger partial charge in [0.2, 0.25) is 0 Å². The highest BCUT2D eigenvalue weighted by atomic mass is 16.5. The van der Waals surface area contributed by atoms with Crippen LogP contribution < -0.4 is 5.32 Å². The second-order valence-electron chi connectivity index (χ2n) is 7.73. The zero-order valence-electron chi connectivity index (χ0n) is 15.6. The highest BCUT2D eigenvalue weighted by molar-refractivity contribution is 5.74. The van der Waals surface area contributed by atoms with Crippen molar-refractivity contribution in [2.45, 2.75) is 51.2 Å². The number of urea groups is 1. The molecule has 3 atom stereocenters. The van der Waals surface area contributed by atoms with E-state index in [9.17, 15) is 4.79 Å². The Morgan fingerprint density at radius 3 is 2.84 bits per heavy atom. The number of amides is 2. The maximum Gasteiger partial charge on any atom is 0.318 e. The van der Waals surface area contributed by atoms with Crippen molar-refractivity contribution >= 4 is 6.03 Å². The first-order chi connectivity index (χ1) is 12.0. The molecular formula is C19H31N3O3. The fourth-order valence-electron chi connectivity index (χ4n) is 3.84. The van der Waals surface area contributed by atoms with Gasteiger partial charge in [0.1, 0.15) is 11.8 Å². The number of carbonyl (C=O) groups excluding carboxylic acids is 1. The van der Waals surface area contributed by atoms with Gasteiger partial charge in [-0.1, -0.05) is 13.8 Å². The van der Waals surface area contributed by atoms with Crippen LogP contribution in [0.1, 0.15) is 44.9 Å². The van der Waals surface area contributed by atoms with Gasteiger partial charge in [-0.2, -0.15) is 0 Å². The van der Waals surface area contributed by atoms with E-state index in [2.05, 4.69) is 31.1 Å². The Morgan fingerprint density at radius 2 is 2.12 bits per heavy atom. The molecule has 0 aliphatic carbocycles. The Hall–Kier alpha value is -1.53. The minimum absolute atomic E-state index is 0.0181. The van der Waals surface area contributed by atoms with E-state index in [4.69, 9.17) is 9.15 Å². The normalized spacial score (nSPS) is 25.2. The second-order valence-corrected chi connectivity index (χ2v) is 7.73. The van der Waals surface area contributed by atoms with E-state index in [-0.39, 0.29) is 12.1 Å². The van der Waals surface area contributed by atoms with Crippen LogP contribution in [0.2, 0.25) is 0 Å². The smallest absolute Gasteiger partial charge is 0.318 e. The Bertz CT molecular complexity index is 546. The fraction of sp³-hybridized carbons (Fsp3) is 0.737. The number of likely N-dealkylation sites (N-methyl/N-ethyl adjacent to an activating group) is 1. The molecule has 0 radical (unpaired) electrons. The first-order valence-electron chi connectivity index (χ1n) is 9.43. The van der Waals surface area contributed by atoms with Gasteiger partial charge in [-0.3, -0.25) is 4.90 Å². The Morgan fingerprint density at radius 1 is 1.32 bits per heavy atom.